The van der Waals surface area contributed by atoms with E-state index in [9.17, 15) is 0 Å². The van der Waals surface area contributed by atoms with Crippen LogP contribution in [-0.2, 0) is 0 Å². The molecule has 1 unspecified atom stereocenters. The monoisotopic (exact) mass is 346 g/mol. The van der Waals surface area contributed by atoms with Crippen molar-refractivity contribution in [2.45, 2.75) is 13.0 Å². The molecule has 108 valence electrons. The molecule has 6 nitrogen and oxygen atoms in total. The van der Waals surface area contributed by atoms with Crippen LogP contribution in [0.2, 0.25) is 0 Å². The summed E-state index contributed by atoms with van der Waals surface area (Å²) in [7, 11) is 1.79. The molecule has 3 N–H and O–H groups in total. The second-order valence-corrected chi connectivity index (χ2v) is 5.58. The number of anilines is 2. The minimum absolute atomic E-state index is 0.115. The maximum Gasteiger partial charge on any atom is 0.226 e. The van der Waals surface area contributed by atoms with Gasteiger partial charge in [0.1, 0.15) is 5.52 Å². The van der Waals surface area contributed by atoms with Crippen LogP contribution in [0.15, 0.2) is 35.1 Å². The average molecular weight is 347 g/mol. The summed E-state index contributed by atoms with van der Waals surface area (Å²) in [6.07, 6.45) is 1.62. The second-order valence-electron chi connectivity index (χ2n) is 4.66. The quantitative estimate of drug-likeness (QED) is 0.675. The van der Waals surface area contributed by atoms with Crippen molar-refractivity contribution in [2.75, 3.05) is 17.7 Å². The standard InChI is InChI=1S/C14H15BrN6/c1-8(9-3-5-10(15)6-4-9)19-13-11-12(18-7-17-11)20-14(16-2)21-13/h3-8H,1-2H3,(H3,16,17,18,19,20,21). The molecule has 3 aromatic rings. The first kappa shape index (κ1) is 13.8. The van der Waals surface area contributed by atoms with Crippen molar-refractivity contribution >= 4 is 38.9 Å². The molecule has 0 saturated heterocycles. The molecular weight excluding hydrogens is 332 g/mol. The Kier molecular flexibility index (Phi) is 3.74. The minimum atomic E-state index is 0.115. The van der Waals surface area contributed by atoms with Crippen molar-refractivity contribution in [1.29, 1.82) is 0 Å². The molecule has 0 aliphatic heterocycles. The minimum Gasteiger partial charge on any atom is -0.362 e. The second kappa shape index (κ2) is 5.69. The Morgan fingerprint density at radius 3 is 2.67 bits per heavy atom. The summed E-state index contributed by atoms with van der Waals surface area (Å²) >= 11 is 3.45. The number of nitrogens with one attached hydrogen (secondary N) is 3. The lowest BCUT2D eigenvalue weighted by molar-refractivity contribution is 0.875. The lowest BCUT2D eigenvalue weighted by Crippen LogP contribution is -2.10. The fraction of sp³-hybridized carbons (Fsp3) is 0.214. The predicted octanol–water partition coefficient (Wildman–Crippen LogP) is 3.33. The summed E-state index contributed by atoms with van der Waals surface area (Å²) in [6, 6.07) is 8.32. The molecule has 0 amide bonds. The van der Waals surface area contributed by atoms with Crippen LogP contribution in [0.1, 0.15) is 18.5 Å². The van der Waals surface area contributed by atoms with E-state index in [1.54, 1.807) is 13.4 Å². The number of rotatable bonds is 4. The SMILES string of the molecule is CNc1nc(NC(C)c2ccc(Br)cc2)c2[nH]cnc2n1. The van der Waals surface area contributed by atoms with Gasteiger partial charge in [-0.25, -0.2) is 4.98 Å². The van der Waals surface area contributed by atoms with Gasteiger partial charge in [-0.05, 0) is 24.6 Å². The maximum atomic E-state index is 4.46. The Balaban J connectivity index is 1.93. The molecule has 0 bridgehead atoms. The van der Waals surface area contributed by atoms with E-state index in [0.29, 0.717) is 11.6 Å². The Morgan fingerprint density at radius 2 is 1.95 bits per heavy atom. The number of imidazole rings is 1. The van der Waals surface area contributed by atoms with Crippen LogP contribution in [0.5, 0.6) is 0 Å². The van der Waals surface area contributed by atoms with Crippen LogP contribution in [0.3, 0.4) is 0 Å². The molecule has 0 spiro atoms. The molecule has 7 heteroatoms. The van der Waals surface area contributed by atoms with Gasteiger partial charge >= 0.3 is 0 Å². The molecule has 1 atom stereocenters. The number of aromatic amines is 1. The summed E-state index contributed by atoms with van der Waals surface area (Å²) < 4.78 is 1.06. The molecule has 0 saturated carbocycles. The smallest absolute Gasteiger partial charge is 0.226 e. The van der Waals surface area contributed by atoms with Gasteiger partial charge < -0.3 is 15.6 Å². The predicted molar refractivity (Wildman–Crippen MR) is 87.4 cm³/mol. The van der Waals surface area contributed by atoms with Crippen molar-refractivity contribution in [2.24, 2.45) is 0 Å². The van der Waals surface area contributed by atoms with Gasteiger partial charge in [0.05, 0.1) is 12.4 Å². The number of hydrogen-bond donors (Lipinski definition) is 3. The maximum absolute atomic E-state index is 4.46. The number of fused-ring (bicyclic) bond motifs is 1. The third-order valence-corrected chi connectivity index (χ3v) is 3.76. The molecule has 3 rings (SSSR count). The van der Waals surface area contributed by atoms with Crippen LogP contribution in [-0.4, -0.2) is 27.0 Å². The van der Waals surface area contributed by atoms with E-state index in [4.69, 9.17) is 0 Å². The molecule has 2 aromatic heterocycles. The first-order valence-electron chi connectivity index (χ1n) is 6.58. The number of aromatic nitrogens is 4. The van der Waals surface area contributed by atoms with Crippen molar-refractivity contribution in [3.8, 4) is 0 Å². The van der Waals surface area contributed by atoms with Crippen molar-refractivity contribution < 1.29 is 0 Å². The van der Waals surface area contributed by atoms with Crippen LogP contribution in [0.25, 0.3) is 11.2 Å². The topological polar surface area (TPSA) is 78.5 Å². The van der Waals surface area contributed by atoms with Gasteiger partial charge in [0.2, 0.25) is 5.95 Å². The van der Waals surface area contributed by atoms with Gasteiger partial charge in [-0.2, -0.15) is 9.97 Å². The Hall–Kier alpha value is -2.15. The zero-order chi connectivity index (χ0) is 14.8. The summed E-state index contributed by atoms with van der Waals surface area (Å²) in [5, 5.41) is 6.35. The van der Waals surface area contributed by atoms with Gasteiger partial charge in [-0.15, -0.1) is 0 Å². The molecule has 0 aliphatic carbocycles. The van der Waals surface area contributed by atoms with Crippen LogP contribution in [0.4, 0.5) is 11.8 Å². The Labute approximate surface area is 130 Å². The van der Waals surface area contributed by atoms with Crippen molar-refractivity contribution in [1.82, 2.24) is 19.9 Å². The van der Waals surface area contributed by atoms with Gasteiger partial charge in [-0.3, -0.25) is 0 Å². The first-order chi connectivity index (χ1) is 10.2. The molecule has 0 radical (unpaired) electrons. The highest BCUT2D eigenvalue weighted by molar-refractivity contribution is 9.10. The van der Waals surface area contributed by atoms with E-state index < -0.39 is 0 Å². The summed E-state index contributed by atoms with van der Waals surface area (Å²) in [4.78, 5) is 16.0. The molecule has 2 heterocycles. The first-order valence-corrected chi connectivity index (χ1v) is 7.37. The molecular formula is C14H15BrN6. The number of hydrogen-bond acceptors (Lipinski definition) is 5. The van der Waals surface area contributed by atoms with Crippen LogP contribution in [0, 0.1) is 0 Å². The van der Waals surface area contributed by atoms with Gasteiger partial charge in [0.15, 0.2) is 11.5 Å². The number of nitrogens with zero attached hydrogens (tertiary/aromatic N) is 3. The fourth-order valence-electron chi connectivity index (χ4n) is 2.09. The highest BCUT2D eigenvalue weighted by atomic mass is 79.9. The van der Waals surface area contributed by atoms with E-state index in [-0.39, 0.29) is 6.04 Å². The number of H-pyrrole nitrogens is 1. The third kappa shape index (κ3) is 2.82. The third-order valence-electron chi connectivity index (χ3n) is 3.23. The number of benzene rings is 1. The molecule has 0 fully saturated rings. The van der Waals surface area contributed by atoms with E-state index in [1.165, 1.54) is 5.56 Å². The van der Waals surface area contributed by atoms with Crippen molar-refractivity contribution in [3.05, 3.63) is 40.6 Å². The van der Waals surface area contributed by atoms with Gasteiger partial charge in [-0.1, -0.05) is 28.1 Å². The Morgan fingerprint density at radius 1 is 1.19 bits per heavy atom. The van der Waals surface area contributed by atoms with Crippen molar-refractivity contribution in [3.63, 3.8) is 0 Å². The fourth-order valence-corrected chi connectivity index (χ4v) is 2.35. The van der Waals surface area contributed by atoms with E-state index in [1.807, 2.05) is 12.1 Å². The summed E-state index contributed by atoms with van der Waals surface area (Å²) in [5.74, 6) is 1.28. The Bertz CT molecular complexity index is 752. The summed E-state index contributed by atoms with van der Waals surface area (Å²) in [6.45, 7) is 2.09. The van der Waals surface area contributed by atoms with E-state index in [2.05, 4.69) is 65.6 Å². The lowest BCUT2D eigenvalue weighted by atomic mass is 10.1. The molecule has 0 aliphatic rings. The van der Waals surface area contributed by atoms with Gasteiger partial charge in [0, 0.05) is 11.5 Å². The molecule has 21 heavy (non-hydrogen) atoms. The zero-order valence-electron chi connectivity index (χ0n) is 11.7. The van der Waals surface area contributed by atoms with Gasteiger partial charge in [0.25, 0.3) is 0 Å². The van der Waals surface area contributed by atoms with E-state index in [0.717, 1.165) is 15.8 Å². The highest BCUT2D eigenvalue weighted by Gasteiger charge is 2.12. The van der Waals surface area contributed by atoms with Crippen LogP contribution >= 0.6 is 15.9 Å². The van der Waals surface area contributed by atoms with E-state index >= 15 is 0 Å². The normalized spacial score (nSPS) is 12.3. The molecule has 1 aromatic carbocycles. The zero-order valence-corrected chi connectivity index (χ0v) is 13.3. The number of halogens is 1. The average Bonchev–Trinajstić information content (AvgIpc) is 2.96. The summed E-state index contributed by atoms with van der Waals surface area (Å²) in [5.41, 5.74) is 2.62. The highest BCUT2D eigenvalue weighted by Crippen LogP contribution is 2.24. The lowest BCUT2D eigenvalue weighted by Gasteiger charge is -2.16. The van der Waals surface area contributed by atoms with Crippen LogP contribution < -0.4 is 10.6 Å². The largest absolute Gasteiger partial charge is 0.362 e.